The molecule has 0 fully saturated rings. The van der Waals surface area contributed by atoms with Crippen LogP contribution in [-0.2, 0) is 6.42 Å². The normalized spacial score (nSPS) is 14.5. The van der Waals surface area contributed by atoms with Crippen molar-refractivity contribution in [1.82, 2.24) is 14.1 Å². The summed E-state index contributed by atoms with van der Waals surface area (Å²) in [7, 11) is 1.63. The number of ether oxygens (including phenoxy) is 1. The Morgan fingerprint density at radius 2 is 1.86 bits per heavy atom. The number of aromatic amines is 1. The number of carbonyl (C=O) groups is 1. The molecular weight excluding hydrogens is 526 g/mol. The van der Waals surface area contributed by atoms with Gasteiger partial charge in [0.2, 0.25) is 5.88 Å². The number of fused-ring (bicyclic) bond motifs is 4. The molecule has 6 nitrogen and oxygen atoms in total. The summed E-state index contributed by atoms with van der Waals surface area (Å²) in [6.07, 6.45) is 0.434. The molecule has 8 heteroatoms. The number of benzene rings is 3. The summed E-state index contributed by atoms with van der Waals surface area (Å²) in [5.41, 5.74) is 5.07. The molecule has 2 N–H and O–H groups in total. The summed E-state index contributed by atoms with van der Waals surface area (Å²) in [5, 5.41) is 12.4. The Morgan fingerprint density at radius 1 is 1.11 bits per heavy atom. The number of hydrogen-bond acceptors (Lipinski definition) is 4. The van der Waals surface area contributed by atoms with Gasteiger partial charge in [-0.3, -0.25) is 4.79 Å². The third-order valence-corrected chi connectivity index (χ3v) is 7.46. The molecular formula is C27H20BrN3O3S. The van der Waals surface area contributed by atoms with Crippen LogP contribution in [0.15, 0.2) is 77.3 Å². The molecule has 0 spiro atoms. The lowest BCUT2D eigenvalue weighted by atomic mass is 9.93. The lowest BCUT2D eigenvalue weighted by molar-refractivity contribution is 0.0948. The van der Waals surface area contributed by atoms with Crippen LogP contribution in [0.2, 0.25) is 0 Å². The molecule has 174 valence electrons. The number of methoxy groups -OCH3 is 1. The molecule has 0 aliphatic carbocycles. The standard InChI is InChI=1S/C27H20BrN3O3S/c1-34-18-10-7-15(8-11-18)24-23-20(19-13-17(28)9-12-21(19)29-23)14-22-26(33)31(27(35)30(22)24)25(32)16-5-3-2-4-6-16/h2-13,24,29,33H,14H2,1H3. The molecule has 1 aliphatic rings. The largest absolute Gasteiger partial charge is 0.497 e. The highest BCUT2D eigenvalue weighted by Crippen LogP contribution is 2.43. The van der Waals surface area contributed by atoms with E-state index in [1.807, 2.05) is 47.0 Å². The summed E-state index contributed by atoms with van der Waals surface area (Å²) in [5.74, 6) is 0.256. The van der Waals surface area contributed by atoms with Gasteiger partial charge in [-0.15, -0.1) is 0 Å². The number of nitrogens with one attached hydrogen (secondary N) is 1. The Kier molecular flexibility index (Phi) is 5.16. The number of carbonyl (C=O) groups excluding carboxylic acids is 1. The van der Waals surface area contributed by atoms with E-state index in [1.165, 1.54) is 4.57 Å². The van der Waals surface area contributed by atoms with E-state index in [1.54, 1.807) is 31.4 Å². The van der Waals surface area contributed by atoms with Gasteiger partial charge in [-0.25, -0.2) is 4.57 Å². The van der Waals surface area contributed by atoms with Crippen molar-refractivity contribution in [2.75, 3.05) is 7.11 Å². The quantitative estimate of drug-likeness (QED) is 0.259. The van der Waals surface area contributed by atoms with Crippen molar-refractivity contribution in [3.8, 4) is 11.6 Å². The first-order valence-corrected chi connectivity index (χ1v) is 12.3. The van der Waals surface area contributed by atoms with E-state index in [9.17, 15) is 9.90 Å². The van der Waals surface area contributed by atoms with E-state index in [0.717, 1.165) is 37.9 Å². The first kappa shape index (κ1) is 21.9. The lowest BCUT2D eigenvalue weighted by Gasteiger charge is -2.26. The zero-order chi connectivity index (χ0) is 24.3. The Morgan fingerprint density at radius 3 is 2.57 bits per heavy atom. The van der Waals surface area contributed by atoms with E-state index in [0.29, 0.717) is 17.7 Å². The zero-order valence-corrected chi connectivity index (χ0v) is 21.1. The number of aromatic hydroxyl groups is 1. The summed E-state index contributed by atoms with van der Waals surface area (Å²) < 4.78 is 9.70. The SMILES string of the molecule is COc1ccc(C2c3[nH]c4ccc(Br)cc4c3Cc3c(O)n(C(=O)c4ccccc4)c(=S)n32)cc1. The number of halogens is 1. The molecule has 3 heterocycles. The van der Waals surface area contributed by atoms with Gasteiger partial charge in [0.1, 0.15) is 11.8 Å². The van der Waals surface area contributed by atoms with Crippen LogP contribution in [0.4, 0.5) is 0 Å². The van der Waals surface area contributed by atoms with Crippen LogP contribution < -0.4 is 4.74 Å². The monoisotopic (exact) mass is 545 g/mol. The molecule has 1 aliphatic heterocycles. The predicted molar refractivity (Wildman–Crippen MR) is 140 cm³/mol. The molecule has 6 rings (SSSR count). The van der Waals surface area contributed by atoms with Crippen LogP contribution in [0.25, 0.3) is 10.9 Å². The molecule has 3 aromatic carbocycles. The maximum Gasteiger partial charge on any atom is 0.267 e. The second-order valence-corrected chi connectivity index (χ2v) is 9.77. The summed E-state index contributed by atoms with van der Waals surface area (Å²) in [4.78, 5) is 17.0. The van der Waals surface area contributed by atoms with Gasteiger partial charge in [-0.1, -0.05) is 46.3 Å². The molecule has 2 aromatic heterocycles. The second-order valence-electron chi connectivity index (χ2n) is 8.49. The van der Waals surface area contributed by atoms with E-state index in [-0.39, 0.29) is 22.6 Å². The van der Waals surface area contributed by atoms with E-state index in [4.69, 9.17) is 17.0 Å². The smallest absolute Gasteiger partial charge is 0.267 e. The molecule has 0 amide bonds. The number of aromatic nitrogens is 3. The molecule has 1 atom stereocenters. The third kappa shape index (κ3) is 3.36. The van der Waals surface area contributed by atoms with Gasteiger partial charge in [-0.2, -0.15) is 0 Å². The first-order valence-electron chi connectivity index (χ1n) is 11.1. The highest BCUT2D eigenvalue weighted by atomic mass is 79.9. The Hall–Kier alpha value is -3.62. The van der Waals surface area contributed by atoms with Crippen molar-refractivity contribution in [2.24, 2.45) is 0 Å². The molecule has 0 saturated heterocycles. The van der Waals surface area contributed by atoms with Gasteiger partial charge >= 0.3 is 0 Å². The third-order valence-electron chi connectivity index (χ3n) is 6.59. The summed E-state index contributed by atoms with van der Waals surface area (Å²) >= 11 is 9.41. The van der Waals surface area contributed by atoms with Gasteiger partial charge < -0.3 is 19.4 Å². The lowest BCUT2D eigenvalue weighted by Crippen LogP contribution is -2.22. The first-order chi connectivity index (χ1) is 17.0. The van der Waals surface area contributed by atoms with Crippen LogP contribution >= 0.6 is 28.1 Å². The molecule has 0 bridgehead atoms. The fourth-order valence-corrected chi connectivity index (χ4v) is 5.68. The summed E-state index contributed by atoms with van der Waals surface area (Å²) in [6, 6.07) is 22.4. The van der Waals surface area contributed by atoms with Crippen LogP contribution in [0.1, 0.15) is 38.9 Å². The highest BCUT2D eigenvalue weighted by Gasteiger charge is 2.35. The van der Waals surface area contributed by atoms with Gasteiger partial charge in [-0.05, 0) is 65.8 Å². The van der Waals surface area contributed by atoms with Crippen molar-refractivity contribution in [3.63, 3.8) is 0 Å². The fraction of sp³-hybridized carbons (Fsp3) is 0.111. The predicted octanol–water partition coefficient (Wildman–Crippen LogP) is 6.21. The van der Waals surface area contributed by atoms with Crippen molar-refractivity contribution in [2.45, 2.75) is 12.5 Å². The van der Waals surface area contributed by atoms with Crippen molar-refractivity contribution in [3.05, 3.63) is 110 Å². The Labute approximate surface area is 214 Å². The Bertz CT molecular complexity index is 1670. The number of nitrogens with zero attached hydrogens (tertiary/aromatic N) is 2. The van der Waals surface area contributed by atoms with Gasteiger partial charge in [0, 0.05) is 33.1 Å². The average Bonchev–Trinajstić information content (AvgIpc) is 3.37. The maximum atomic E-state index is 13.4. The molecule has 1 unspecified atom stereocenters. The highest BCUT2D eigenvalue weighted by molar-refractivity contribution is 9.10. The molecule has 5 aromatic rings. The zero-order valence-electron chi connectivity index (χ0n) is 18.7. The van der Waals surface area contributed by atoms with Crippen LogP contribution in [0.5, 0.6) is 11.6 Å². The molecule has 0 radical (unpaired) electrons. The molecule has 35 heavy (non-hydrogen) atoms. The van der Waals surface area contributed by atoms with Gasteiger partial charge in [0.25, 0.3) is 5.91 Å². The average molecular weight is 546 g/mol. The summed E-state index contributed by atoms with van der Waals surface area (Å²) in [6.45, 7) is 0. The van der Waals surface area contributed by atoms with E-state index in [2.05, 4.69) is 27.0 Å². The Balaban J connectivity index is 1.62. The van der Waals surface area contributed by atoms with E-state index < -0.39 is 0 Å². The van der Waals surface area contributed by atoms with Crippen LogP contribution in [-0.4, -0.2) is 32.2 Å². The second kappa shape index (κ2) is 8.25. The number of hydrogen-bond donors (Lipinski definition) is 2. The van der Waals surface area contributed by atoms with Crippen molar-refractivity contribution >= 4 is 45.0 Å². The molecule has 0 saturated carbocycles. The van der Waals surface area contributed by atoms with Crippen LogP contribution in [0.3, 0.4) is 0 Å². The van der Waals surface area contributed by atoms with Crippen molar-refractivity contribution < 1.29 is 14.6 Å². The topological polar surface area (TPSA) is 72.2 Å². The maximum absolute atomic E-state index is 13.4. The number of rotatable bonds is 3. The van der Waals surface area contributed by atoms with Crippen LogP contribution in [0, 0.1) is 4.77 Å². The number of imidazole rings is 1. The van der Waals surface area contributed by atoms with Gasteiger partial charge in [0.15, 0.2) is 4.77 Å². The van der Waals surface area contributed by atoms with E-state index >= 15 is 0 Å². The van der Waals surface area contributed by atoms with Gasteiger partial charge in [0.05, 0.1) is 12.8 Å². The minimum absolute atomic E-state index is 0.127. The fourth-order valence-electron chi connectivity index (χ4n) is 4.94. The van der Waals surface area contributed by atoms with Crippen molar-refractivity contribution in [1.29, 1.82) is 0 Å². The number of H-pyrrole nitrogens is 1. The minimum Gasteiger partial charge on any atom is -0.497 e. The minimum atomic E-state index is -0.361.